The zero-order valence-corrected chi connectivity index (χ0v) is 9.72. The fraction of sp³-hybridized carbons (Fsp3) is 0.750. The van der Waals surface area contributed by atoms with Gasteiger partial charge in [0, 0.05) is 12.7 Å². The molecule has 2 nitrogen and oxygen atoms in total. The van der Waals surface area contributed by atoms with Crippen molar-refractivity contribution in [3.8, 4) is 0 Å². The van der Waals surface area contributed by atoms with Gasteiger partial charge in [0.2, 0.25) is 0 Å². The zero-order valence-electron chi connectivity index (χ0n) is 9.72. The smallest absolute Gasteiger partial charge is 0.0656 e. The van der Waals surface area contributed by atoms with E-state index in [1.807, 2.05) is 0 Å². The molecule has 0 saturated carbocycles. The molecule has 14 heavy (non-hydrogen) atoms. The highest BCUT2D eigenvalue weighted by Gasteiger charge is 2.29. The predicted octanol–water partition coefficient (Wildman–Crippen LogP) is 2.50. The summed E-state index contributed by atoms with van der Waals surface area (Å²) in [6, 6.07) is 0. The molecule has 0 radical (unpaired) electrons. The molecular weight excluding hydrogens is 172 g/mol. The topological polar surface area (TPSA) is 17.8 Å². The molecule has 1 aliphatic rings. The Morgan fingerprint density at radius 3 is 2.79 bits per heavy atom. The van der Waals surface area contributed by atoms with Crippen LogP contribution in [0.25, 0.3) is 0 Å². The molecule has 0 aromatic carbocycles. The fourth-order valence-electron chi connectivity index (χ4n) is 2.49. The van der Waals surface area contributed by atoms with E-state index >= 15 is 0 Å². The van der Waals surface area contributed by atoms with Crippen LogP contribution in [0.1, 0.15) is 44.1 Å². The summed E-state index contributed by atoms with van der Waals surface area (Å²) in [5.41, 5.74) is 4.79. The van der Waals surface area contributed by atoms with Crippen LogP contribution in [0.2, 0.25) is 0 Å². The zero-order chi connectivity index (χ0) is 10.3. The summed E-state index contributed by atoms with van der Waals surface area (Å²) >= 11 is 0. The SMILES string of the molecule is CCc1nn(C)c2c1CC(C)(C)CC2. The first-order valence-corrected chi connectivity index (χ1v) is 5.57. The Balaban J connectivity index is 2.44. The molecule has 1 aromatic heterocycles. The van der Waals surface area contributed by atoms with Gasteiger partial charge in [-0.3, -0.25) is 4.68 Å². The van der Waals surface area contributed by atoms with Crippen molar-refractivity contribution >= 4 is 0 Å². The lowest BCUT2D eigenvalue weighted by molar-refractivity contribution is 0.310. The summed E-state index contributed by atoms with van der Waals surface area (Å²) in [6.45, 7) is 6.93. The van der Waals surface area contributed by atoms with Crippen molar-refractivity contribution in [3.05, 3.63) is 17.0 Å². The average Bonchev–Trinajstić information content (AvgIpc) is 2.40. The summed E-state index contributed by atoms with van der Waals surface area (Å²) in [7, 11) is 2.08. The van der Waals surface area contributed by atoms with Gasteiger partial charge in [0.1, 0.15) is 0 Å². The van der Waals surface area contributed by atoms with Crippen molar-refractivity contribution < 1.29 is 0 Å². The Morgan fingerprint density at radius 1 is 1.43 bits per heavy atom. The van der Waals surface area contributed by atoms with Gasteiger partial charge < -0.3 is 0 Å². The normalized spacial score (nSPS) is 19.4. The Bertz CT molecular complexity index is 347. The van der Waals surface area contributed by atoms with Crippen molar-refractivity contribution in [2.45, 2.75) is 46.5 Å². The number of rotatable bonds is 1. The lowest BCUT2D eigenvalue weighted by atomic mass is 9.76. The van der Waals surface area contributed by atoms with Crippen LogP contribution in [0.15, 0.2) is 0 Å². The van der Waals surface area contributed by atoms with Crippen LogP contribution in [0.5, 0.6) is 0 Å². The third-order valence-corrected chi connectivity index (χ3v) is 3.39. The molecule has 0 unspecified atom stereocenters. The van der Waals surface area contributed by atoms with Crippen LogP contribution in [0.4, 0.5) is 0 Å². The maximum atomic E-state index is 4.59. The van der Waals surface area contributed by atoms with E-state index in [1.54, 1.807) is 0 Å². The first-order valence-electron chi connectivity index (χ1n) is 5.57. The van der Waals surface area contributed by atoms with E-state index in [4.69, 9.17) is 0 Å². The largest absolute Gasteiger partial charge is 0.272 e. The Labute approximate surface area is 86.3 Å². The van der Waals surface area contributed by atoms with Crippen molar-refractivity contribution in [1.82, 2.24) is 9.78 Å². The van der Waals surface area contributed by atoms with Gasteiger partial charge in [0.05, 0.1) is 5.69 Å². The maximum absolute atomic E-state index is 4.59. The summed E-state index contributed by atoms with van der Waals surface area (Å²) in [4.78, 5) is 0. The maximum Gasteiger partial charge on any atom is 0.0656 e. The lowest BCUT2D eigenvalue weighted by Crippen LogP contribution is -2.23. The van der Waals surface area contributed by atoms with Crippen LogP contribution in [-0.2, 0) is 26.3 Å². The molecule has 0 aliphatic heterocycles. The number of nitrogens with zero attached hydrogens (tertiary/aromatic N) is 2. The van der Waals surface area contributed by atoms with Crippen molar-refractivity contribution in [3.63, 3.8) is 0 Å². The third kappa shape index (κ3) is 1.47. The highest BCUT2D eigenvalue weighted by atomic mass is 15.3. The first-order chi connectivity index (χ1) is 6.53. The molecule has 1 aliphatic carbocycles. The summed E-state index contributed by atoms with van der Waals surface area (Å²) in [5.74, 6) is 0. The molecule has 0 bridgehead atoms. The number of hydrogen-bond acceptors (Lipinski definition) is 1. The third-order valence-electron chi connectivity index (χ3n) is 3.39. The lowest BCUT2D eigenvalue weighted by Gasteiger charge is -2.29. The number of aryl methyl sites for hydroxylation is 2. The monoisotopic (exact) mass is 192 g/mol. The molecule has 1 heterocycles. The molecule has 2 heteroatoms. The van der Waals surface area contributed by atoms with Crippen molar-refractivity contribution in [1.29, 1.82) is 0 Å². The van der Waals surface area contributed by atoms with Gasteiger partial charge in [-0.2, -0.15) is 5.10 Å². The minimum Gasteiger partial charge on any atom is -0.272 e. The molecule has 0 amide bonds. The first kappa shape index (κ1) is 9.75. The van der Waals surface area contributed by atoms with Crippen molar-refractivity contribution in [2.75, 3.05) is 0 Å². The molecule has 0 atom stereocenters. The van der Waals surface area contributed by atoms with Crippen LogP contribution in [0.3, 0.4) is 0 Å². The van der Waals surface area contributed by atoms with E-state index < -0.39 is 0 Å². The Kier molecular flexibility index (Phi) is 2.17. The highest BCUT2D eigenvalue weighted by molar-refractivity contribution is 5.30. The number of fused-ring (bicyclic) bond motifs is 1. The van der Waals surface area contributed by atoms with E-state index in [9.17, 15) is 0 Å². The van der Waals surface area contributed by atoms with E-state index in [0.717, 1.165) is 6.42 Å². The number of hydrogen-bond donors (Lipinski definition) is 0. The molecular formula is C12H20N2. The molecule has 1 aromatic rings. The highest BCUT2D eigenvalue weighted by Crippen LogP contribution is 2.35. The van der Waals surface area contributed by atoms with Gasteiger partial charge in [-0.1, -0.05) is 20.8 Å². The Morgan fingerprint density at radius 2 is 2.14 bits per heavy atom. The van der Waals surface area contributed by atoms with Crippen LogP contribution in [-0.4, -0.2) is 9.78 Å². The molecule has 0 fully saturated rings. The van der Waals surface area contributed by atoms with Crippen LogP contribution in [0, 0.1) is 5.41 Å². The predicted molar refractivity (Wildman–Crippen MR) is 58.4 cm³/mol. The fourth-order valence-corrected chi connectivity index (χ4v) is 2.49. The summed E-state index contributed by atoms with van der Waals surface area (Å²) < 4.78 is 2.09. The Hall–Kier alpha value is -0.790. The quantitative estimate of drug-likeness (QED) is 0.668. The average molecular weight is 192 g/mol. The van der Waals surface area contributed by atoms with E-state index in [-0.39, 0.29) is 0 Å². The van der Waals surface area contributed by atoms with Gasteiger partial charge >= 0.3 is 0 Å². The number of aromatic nitrogens is 2. The van der Waals surface area contributed by atoms with Crippen LogP contribution < -0.4 is 0 Å². The summed E-state index contributed by atoms with van der Waals surface area (Å²) in [5, 5.41) is 4.59. The van der Waals surface area contributed by atoms with Gasteiger partial charge in [-0.15, -0.1) is 0 Å². The van der Waals surface area contributed by atoms with E-state index in [2.05, 4.69) is 37.6 Å². The standard InChI is InChI=1S/C12H20N2/c1-5-10-9-8-12(2,3)7-6-11(9)14(4)13-10/h5-8H2,1-4H3. The minimum atomic E-state index is 0.472. The molecule has 0 N–H and O–H groups in total. The van der Waals surface area contributed by atoms with Gasteiger partial charge in [0.15, 0.2) is 0 Å². The molecule has 0 saturated heterocycles. The van der Waals surface area contributed by atoms with Crippen molar-refractivity contribution in [2.24, 2.45) is 12.5 Å². The molecule has 0 spiro atoms. The molecule has 2 rings (SSSR count). The van der Waals surface area contributed by atoms with Gasteiger partial charge in [-0.05, 0) is 36.7 Å². The van der Waals surface area contributed by atoms with E-state index in [0.29, 0.717) is 5.41 Å². The van der Waals surface area contributed by atoms with Gasteiger partial charge in [0.25, 0.3) is 0 Å². The minimum absolute atomic E-state index is 0.472. The second-order valence-corrected chi connectivity index (χ2v) is 5.19. The second kappa shape index (κ2) is 3.11. The van der Waals surface area contributed by atoms with Crippen LogP contribution >= 0.6 is 0 Å². The molecule has 78 valence electrons. The van der Waals surface area contributed by atoms with Gasteiger partial charge in [-0.25, -0.2) is 0 Å². The van der Waals surface area contributed by atoms with E-state index in [1.165, 1.54) is 36.2 Å². The second-order valence-electron chi connectivity index (χ2n) is 5.19. The summed E-state index contributed by atoms with van der Waals surface area (Å²) in [6.07, 6.45) is 4.77.